The number of aliphatic hydroxyl groups is 1. The molecule has 102 valence electrons. The quantitative estimate of drug-likeness (QED) is 0.411. The van der Waals surface area contributed by atoms with E-state index >= 15 is 0 Å². The van der Waals surface area contributed by atoms with E-state index < -0.39 is 15.9 Å². The maximum absolute atomic E-state index is 11.5. The van der Waals surface area contributed by atoms with Crippen LogP contribution in [0.1, 0.15) is 46.0 Å². The summed E-state index contributed by atoms with van der Waals surface area (Å²) >= 11 is 17.4. The third kappa shape index (κ3) is 6.70. The van der Waals surface area contributed by atoms with Crippen LogP contribution in [-0.4, -0.2) is 27.0 Å². The summed E-state index contributed by atoms with van der Waals surface area (Å²) in [5.41, 5.74) is 0. The van der Waals surface area contributed by atoms with Gasteiger partial charge in [0.1, 0.15) is 0 Å². The van der Waals surface area contributed by atoms with Crippen molar-refractivity contribution in [1.29, 1.82) is 0 Å². The normalized spacial score (nSPS) is 15.4. The summed E-state index contributed by atoms with van der Waals surface area (Å²) in [7, 11) is 0. The van der Waals surface area contributed by atoms with Gasteiger partial charge in [0.05, 0.1) is 5.38 Å². The third-order valence-corrected chi connectivity index (χ3v) is 4.09. The molecule has 6 heteroatoms. The summed E-state index contributed by atoms with van der Waals surface area (Å²) in [5, 5.41) is 11.3. The highest BCUT2D eigenvalue weighted by Gasteiger charge is 2.39. The number of alkyl halides is 3. The lowest BCUT2D eigenvalue weighted by molar-refractivity contribution is -0.124. The van der Waals surface area contributed by atoms with E-state index in [0.29, 0.717) is 6.42 Å². The number of halogens is 3. The van der Waals surface area contributed by atoms with Crippen molar-refractivity contribution in [1.82, 2.24) is 5.32 Å². The van der Waals surface area contributed by atoms with Crippen LogP contribution in [0.3, 0.4) is 0 Å². The third-order valence-electron chi connectivity index (χ3n) is 2.45. The monoisotopic (exact) mass is 303 g/mol. The van der Waals surface area contributed by atoms with Crippen LogP contribution in [-0.2, 0) is 4.79 Å². The first-order chi connectivity index (χ1) is 7.82. The van der Waals surface area contributed by atoms with Gasteiger partial charge in [-0.25, -0.2) is 0 Å². The number of unbranched alkanes of at least 4 members (excludes halogenated alkanes) is 3. The minimum absolute atomic E-state index is 0.267. The number of carbonyl (C=O) groups excluding carboxylic acids is 1. The molecule has 0 spiro atoms. The van der Waals surface area contributed by atoms with Crippen molar-refractivity contribution in [2.75, 3.05) is 0 Å². The van der Waals surface area contributed by atoms with Crippen molar-refractivity contribution < 1.29 is 9.90 Å². The molecule has 0 aliphatic rings. The Morgan fingerprint density at radius 1 is 1.35 bits per heavy atom. The predicted octanol–water partition coefficient (Wildman–Crippen LogP) is 3.19. The largest absolute Gasteiger partial charge is 0.370 e. The van der Waals surface area contributed by atoms with E-state index in [9.17, 15) is 9.90 Å². The molecule has 0 aromatic rings. The minimum Gasteiger partial charge on any atom is -0.370 e. The topological polar surface area (TPSA) is 49.3 Å². The van der Waals surface area contributed by atoms with E-state index in [1.807, 2.05) is 0 Å². The fraction of sp³-hybridized carbons (Fsp3) is 0.909. The number of amides is 1. The van der Waals surface area contributed by atoms with E-state index in [1.165, 1.54) is 0 Å². The molecule has 0 unspecified atom stereocenters. The summed E-state index contributed by atoms with van der Waals surface area (Å²) in [6.45, 7) is 3.65. The SMILES string of the molecule is CCCCCCC(=O)N[C@@H](O)C(Cl)(Cl)[C@H](C)Cl. The molecule has 0 aromatic carbocycles. The lowest BCUT2D eigenvalue weighted by Crippen LogP contribution is -2.50. The first-order valence-electron chi connectivity index (χ1n) is 5.81. The zero-order chi connectivity index (χ0) is 13.5. The van der Waals surface area contributed by atoms with Crippen molar-refractivity contribution in [2.24, 2.45) is 0 Å². The Bertz CT molecular complexity index is 235. The van der Waals surface area contributed by atoms with E-state index in [0.717, 1.165) is 25.7 Å². The zero-order valence-electron chi connectivity index (χ0n) is 10.2. The standard InChI is InChI=1S/C11H20Cl3NO2/c1-3-4-5-6-7-9(16)15-10(17)11(13,14)8(2)12/h8,10,17H,3-7H2,1-2H3,(H,15,16)/t8-,10-/m0/s1. The second-order valence-electron chi connectivity index (χ2n) is 4.07. The molecule has 0 fully saturated rings. The van der Waals surface area contributed by atoms with Crippen molar-refractivity contribution in [2.45, 2.75) is 61.9 Å². The van der Waals surface area contributed by atoms with Gasteiger partial charge in [0.2, 0.25) is 5.91 Å². The maximum atomic E-state index is 11.5. The van der Waals surface area contributed by atoms with Gasteiger partial charge in [-0.15, -0.1) is 11.6 Å². The molecule has 0 aliphatic carbocycles. The van der Waals surface area contributed by atoms with Crippen LogP contribution in [0.15, 0.2) is 0 Å². The van der Waals surface area contributed by atoms with Crippen molar-refractivity contribution in [3.63, 3.8) is 0 Å². The minimum atomic E-state index is -1.58. The fourth-order valence-corrected chi connectivity index (χ4v) is 1.48. The fourth-order valence-electron chi connectivity index (χ4n) is 1.25. The van der Waals surface area contributed by atoms with Crippen molar-refractivity contribution in [3.05, 3.63) is 0 Å². The summed E-state index contributed by atoms with van der Waals surface area (Å²) in [5.74, 6) is -0.267. The van der Waals surface area contributed by atoms with Gasteiger partial charge in [-0.2, -0.15) is 0 Å². The number of hydrogen-bond acceptors (Lipinski definition) is 2. The summed E-state index contributed by atoms with van der Waals surface area (Å²) < 4.78 is -1.58. The Morgan fingerprint density at radius 3 is 2.41 bits per heavy atom. The first-order valence-corrected chi connectivity index (χ1v) is 7.00. The van der Waals surface area contributed by atoms with Gasteiger partial charge in [0, 0.05) is 6.42 Å². The van der Waals surface area contributed by atoms with Gasteiger partial charge in [-0.05, 0) is 13.3 Å². The molecule has 0 aliphatic heterocycles. The first kappa shape index (κ1) is 17.3. The molecule has 1 amide bonds. The van der Waals surface area contributed by atoms with Crippen LogP contribution in [0.2, 0.25) is 0 Å². The van der Waals surface area contributed by atoms with Crippen molar-refractivity contribution >= 4 is 40.7 Å². The smallest absolute Gasteiger partial charge is 0.222 e. The molecule has 0 saturated heterocycles. The molecule has 0 saturated carbocycles. The lowest BCUT2D eigenvalue weighted by atomic mass is 10.1. The van der Waals surface area contributed by atoms with E-state index in [2.05, 4.69) is 12.2 Å². The number of hydrogen-bond donors (Lipinski definition) is 2. The van der Waals surface area contributed by atoms with Gasteiger partial charge in [-0.1, -0.05) is 49.4 Å². The highest BCUT2D eigenvalue weighted by Crippen LogP contribution is 2.31. The average Bonchev–Trinajstić information content (AvgIpc) is 2.24. The summed E-state index contributed by atoms with van der Waals surface area (Å²) in [6, 6.07) is 0. The molecule has 3 nitrogen and oxygen atoms in total. The second kappa shape index (κ2) is 8.41. The molecule has 0 bridgehead atoms. The van der Waals surface area contributed by atoms with Gasteiger partial charge < -0.3 is 10.4 Å². The second-order valence-corrected chi connectivity index (χ2v) is 6.17. The van der Waals surface area contributed by atoms with Crippen LogP contribution < -0.4 is 5.32 Å². The molecular weight excluding hydrogens is 284 g/mol. The predicted molar refractivity (Wildman–Crippen MR) is 72.7 cm³/mol. The van der Waals surface area contributed by atoms with Gasteiger partial charge in [0.15, 0.2) is 10.6 Å². The molecule has 0 heterocycles. The Labute approximate surface area is 118 Å². The molecule has 2 N–H and O–H groups in total. The number of nitrogens with one attached hydrogen (secondary N) is 1. The molecule has 0 rings (SSSR count). The number of rotatable bonds is 8. The van der Waals surface area contributed by atoms with Crippen molar-refractivity contribution in [3.8, 4) is 0 Å². The van der Waals surface area contributed by atoms with Crippen LogP contribution in [0.5, 0.6) is 0 Å². The summed E-state index contributed by atoms with van der Waals surface area (Å²) in [4.78, 5) is 11.5. The van der Waals surface area contributed by atoms with Gasteiger partial charge >= 0.3 is 0 Å². The van der Waals surface area contributed by atoms with Crippen LogP contribution in [0.25, 0.3) is 0 Å². The molecule has 17 heavy (non-hydrogen) atoms. The lowest BCUT2D eigenvalue weighted by Gasteiger charge is -2.28. The van der Waals surface area contributed by atoms with E-state index in [1.54, 1.807) is 6.92 Å². The van der Waals surface area contributed by atoms with Crippen LogP contribution in [0.4, 0.5) is 0 Å². The Morgan fingerprint density at radius 2 is 1.94 bits per heavy atom. The van der Waals surface area contributed by atoms with Gasteiger partial charge in [0.25, 0.3) is 0 Å². The molecule has 0 aromatic heterocycles. The number of carbonyl (C=O) groups is 1. The maximum Gasteiger partial charge on any atom is 0.222 e. The van der Waals surface area contributed by atoms with Crippen LogP contribution >= 0.6 is 34.8 Å². The van der Waals surface area contributed by atoms with Gasteiger partial charge in [-0.3, -0.25) is 4.79 Å². The van der Waals surface area contributed by atoms with E-state index in [-0.39, 0.29) is 5.91 Å². The van der Waals surface area contributed by atoms with Crippen LogP contribution in [0, 0.1) is 0 Å². The zero-order valence-corrected chi connectivity index (χ0v) is 12.4. The Hall–Kier alpha value is 0.300. The Balaban J connectivity index is 3.95. The Kier molecular flexibility index (Phi) is 8.56. The average molecular weight is 305 g/mol. The highest BCUT2D eigenvalue weighted by atomic mass is 35.5. The summed E-state index contributed by atoms with van der Waals surface area (Å²) in [6.07, 6.45) is 3.00. The highest BCUT2D eigenvalue weighted by molar-refractivity contribution is 6.52. The van der Waals surface area contributed by atoms with E-state index in [4.69, 9.17) is 34.8 Å². The number of aliphatic hydroxyl groups excluding tert-OH is 1. The molecule has 2 atom stereocenters. The molecule has 0 radical (unpaired) electrons. The molecular formula is C11H20Cl3NO2.